The lowest BCUT2D eigenvalue weighted by Gasteiger charge is -2.27. The summed E-state index contributed by atoms with van der Waals surface area (Å²) in [7, 11) is 0. The van der Waals surface area contributed by atoms with E-state index in [1.807, 2.05) is 18.2 Å². The molecule has 0 saturated heterocycles. The predicted octanol–water partition coefficient (Wildman–Crippen LogP) is 1.57. The van der Waals surface area contributed by atoms with Gasteiger partial charge in [-0.2, -0.15) is 0 Å². The summed E-state index contributed by atoms with van der Waals surface area (Å²) in [6.45, 7) is 0.731. The predicted molar refractivity (Wildman–Crippen MR) is 78.6 cm³/mol. The van der Waals surface area contributed by atoms with Crippen LogP contribution < -0.4 is 0 Å². The number of hydrogen-bond acceptors (Lipinski definition) is 2. The zero-order chi connectivity index (χ0) is 15.2. The van der Waals surface area contributed by atoms with Gasteiger partial charge in [-0.25, -0.2) is 4.79 Å². The van der Waals surface area contributed by atoms with E-state index < -0.39 is 5.97 Å². The van der Waals surface area contributed by atoms with Crippen molar-refractivity contribution >= 4 is 12.0 Å². The Balaban J connectivity index is 2.15. The van der Waals surface area contributed by atoms with Gasteiger partial charge in [0.15, 0.2) is 0 Å². The van der Waals surface area contributed by atoms with Crippen molar-refractivity contribution in [3.8, 4) is 12.3 Å². The second-order valence-corrected chi connectivity index (χ2v) is 5.03. The first-order chi connectivity index (χ1) is 10.1. The number of carbonyl (C=O) groups is 2. The Bertz CT molecular complexity index is 577. The summed E-state index contributed by atoms with van der Waals surface area (Å²) in [6, 6.07) is 7.70. The van der Waals surface area contributed by atoms with Crippen LogP contribution in [0, 0.1) is 12.3 Å². The monoisotopic (exact) mass is 286 g/mol. The Labute approximate surface area is 124 Å². The average molecular weight is 286 g/mol. The number of carboxylic acid groups (broad SMARTS) is 1. The highest BCUT2D eigenvalue weighted by atomic mass is 16.4. The number of carbonyl (C=O) groups excluding carboxylic acids is 1. The third-order valence-corrected chi connectivity index (χ3v) is 3.50. The first kappa shape index (κ1) is 14.9. The van der Waals surface area contributed by atoms with Crippen LogP contribution in [0.25, 0.3) is 0 Å². The molecule has 1 heterocycles. The van der Waals surface area contributed by atoms with E-state index in [-0.39, 0.29) is 19.1 Å². The first-order valence-corrected chi connectivity index (χ1v) is 6.87. The lowest BCUT2D eigenvalue weighted by molar-refractivity contribution is -0.137. The Hall–Kier alpha value is -2.48. The maximum atomic E-state index is 12.5. The molecule has 0 aliphatic carbocycles. The summed E-state index contributed by atoms with van der Waals surface area (Å²) in [4.78, 5) is 26.2. The maximum Gasteiger partial charge on any atom is 0.323 e. The van der Waals surface area contributed by atoms with E-state index >= 15 is 0 Å². The summed E-state index contributed by atoms with van der Waals surface area (Å²) in [6.07, 6.45) is 7.01. The molecule has 5 heteroatoms. The fourth-order valence-electron chi connectivity index (χ4n) is 2.53. The van der Waals surface area contributed by atoms with Gasteiger partial charge in [0.1, 0.15) is 6.54 Å². The lowest BCUT2D eigenvalue weighted by atomic mass is 10.0. The largest absolute Gasteiger partial charge is 0.480 e. The minimum absolute atomic E-state index is 0.00325. The first-order valence-electron chi connectivity index (χ1n) is 6.87. The third kappa shape index (κ3) is 3.76. The van der Waals surface area contributed by atoms with Crippen molar-refractivity contribution in [2.45, 2.75) is 19.4 Å². The minimum atomic E-state index is -1.06. The van der Waals surface area contributed by atoms with Gasteiger partial charge >= 0.3 is 12.0 Å². The molecule has 110 valence electrons. The molecule has 0 spiro atoms. The van der Waals surface area contributed by atoms with Gasteiger partial charge in [-0.05, 0) is 24.0 Å². The normalized spacial score (nSPS) is 13.8. The number of carboxylic acids is 1. The number of aliphatic carboxylic acids is 1. The molecule has 0 unspecified atom stereocenters. The number of benzene rings is 1. The molecule has 1 aromatic carbocycles. The molecule has 1 aliphatic heterocycles. The van der Waals surface area contributed by atoms with Gasteiger partial charge in [0, 0.05) is 13.1 Å². The number of amides is 2. The molecule has 2 amide bonds. The van der Waals surface area contributed by atoms with Gasteiger partial charge in [0.25, 0.3) is 0 Å². The van der Waals surface area contributed by atoms with Crippen LogP contribution in [0.15, 0.2) is 24.3 Å². The van der Waals surface area contributed by atoms with E-state index in [0.29, 0.717) is 13.1 Å². The molecule has 21 heavy (non-hydrogen) atoms. The average Bonchev–Trinajstić information content (AvgIpc) is 2.67. The summed E-state index contributed by atoms with van der Waals surface area (Å²) in [5.41, 5.74) is 2.36. The maximum absolute atomic E-state index is 12.5. The smallest absolute Gasteiger partial charge is 0.323 e. The third-order valence-electron chi connectivity index (χ3n) is 3.50. The van der Waals surface area contributed by atoms with Crippen molar-refractivity contribution in [1.82, 2.24) is 9.80 Å². The van der Waals surface area contributed by atoms with Gasteiger partial charge in [-0.1, -0.05) is 30.2 Å². The van der Waals surface area contributed by atoms with Gasteiger partial charge < -0.3 is 14.9 Å². The highest BCUT2D eigenvalue weighted by Crippen LogP contribution is 2.19. The molecular weight excluding hydrogens is 268 g/mol. The number of urea groups is 1. The van der Waals surface area contributed by atoms with Crippen LogP contribution in [0.4, 0.5) is 4.79 Å². The van der Waals surface area contributed by atoms with Crippen molar-refractivity contribution in [3.05, 3.63) is 35.4 Å². The van der Waals surface area contributed by atoms with Crippen LogP contribution in [-0.2, 0) is 17.8 Å². The van der Waals surface area contributed by atoms with Crippen molar-refractivity contribution in [2.24, 2.45) is 0 Å². The van der Waals surface area contributed by atoms with Crippen LogP contribution in [0.5, 0.6) is 0 Å². The van der Waals surface area contributed by atoms with Gasteiger partial charge in [-0.3, -0.25) is 4.79 Å². The highest BCUT2D eigenvalue weighted by Gasteiger charge is 2.24. The van der Waals surface area contributed by atoms with Crippen molar-refractivity contribution in [3.63, 3.8) is 0 Å². The SMILES string of the molecule is C#CCN(CC(=O)O)C(=O)N1CCCc2ccccc2C1. The fourth-order valence-corrected chi connectivity index (χ4v) is 2.53. The van der Waals surface area contributed by atoms with E-state index in [2.05, 4.69) is 12.0 Å². The van der Waals surface area contributed by atoms with Crippen LogP contribution in [0.2, 0.25) is 0 Å². The Morgan fingerprint density at radius 1 is 1.33 bits per heavy atom. The zero-order valence-electron chi connectivity index (χ0n) is 11.8. The molecule has 1 aromatic rings. The standard InChI is InChI=1S/C16H18N2O3/c1-2-9-17(12-15(19)20)16(21)18-10-5-8-13-6-3-4-7-14(13)11-18/h1,3-4,6-7H,5,8-12H2,(H,19,20). The number of aryl methyl sites for hydroxylation is 1. The van der Waals surface area contributed by atoms with Crippen molar-refractivity contribution < 1.29 is 14.7 Å². The lowest BCUT2D eigenvalue weighted by Crippen LogP contribution is -2.45. The van der Waals surface area contributed by atoms with Crippen molar-refractivity contribution in [1.29, 1.82) is 0 Å². The molecule has 0 atom stereocenters. The summed E-state index contributed by atoms with van der Waals surface area (Å²) in [5, 5.41) is 8.89. The Morgan fingerprint density at radius 2 is 2.05 bits per heavy atom. The molecule has 0 radical (unpaired) electrons. The van der Waals surface area contributed by atoms with Gasteiger partial charge in [0.2, 0.25) is 0 Å². The Morgan fingerprint density at radius 3 is 2.71 bits per heavy atom. The molecule has 0 aromatic heterocycles. The van der Waals surface area contributed by atoms with E-state index in [0.717, 1.165) is 18.4 Å². The summed E-state index contributed by atoms with van der Waals surface area (Å²) in [5.74, 6) is 1.28. The fraction of sp³-hybridized carbons (Fsp3) is 0.375. The number of terminal acetylenes is 1. The summed E-state index contributed by atoms with van der Waals surface area (Å²) < 4.78 is 0. The highest BCUT2D eigenvalue weighted by molar-refractivity contribution is 5.80. The van der Waals surface area contributed by atoms with Crippen LogP contribution in [0.1, 0.15) is 17.5 Å². The summed E-state index contributed by atoms with van der Waals surface area (Å²) >= 11 is 0. The molecule has 0 bridgehead atoms. The number of nitrogens with zero attached hydrogens (tertiary/aromatic N) is 2. The van der Waals surface area contributed by atoms with E-state index in [1.165, 1.54) is 10.5 Å². The number of rotatable bonds is 3. The molecule has 1 N–H and O–H groups in total. The van der Waals surface area contributed by atoms with Crippen molar-refractivity contribution in [2.75, 3.05) is 19.6 Å². The second kappa shape index (κ2) is 6.80. The molecule has 0 fully saturated rings. The molecule has 1 aliphatic rings. The number of fused-ring (bicyclic) bond motifs is 1. The minimum Gasteiger partial charge on any atom is -0.480 e. The van der Waals surface area contributed by atoms with Crippen LogP contribution in [0.3, 0.4) is 0 Å². The van der Waals surface area contributed by atoms with Crippen LogP contribution >= 0.6 is 0 Å². The van der Waals surface area contributed by atoms with Crippen LogP contribution in [-0.4, -0.2) is 46.5 Å². The molecule has 0 saturated carbocycles. The zero-order valence-corrected chi connectivity index (χ0v) is 11.8. The second-order valence-electron chi connectivity index (χ2n) is 5.03. The van der Waals surface area contributed by atoms with Gasteiger partial charge in [0.05, 0.1) is 6.54 Å². The van der Waals surface area contributed by atoms with E-state index in [9.17, 15) is 9.59 Å². The molecular formula is C16H18N2O3. The molecule has 2 rings (SSSR count). The van der Waals surface area contributed by atoms with E-state index in [4.69, 9.17) is 11.5 Å². The van der Waals surface area contributed by atoms with E-state index in [1.54, 1.807) is 4.90 Å². The molecule has 5 nitrogen and oxygen atoms in total. The number of hydrogen-bond donors (Lipinski definition) is 1. The van der Waals surface area contributed by atoms with Gasteiger partial charge in [-0.15, -0.1) is 6.42 Å². The quantitative estimate of drug-likeness (QED) is 0.858. The Kier molecular flexibility index (Phi) is 4.83. The topological polar surface area (TPSA) is 60.9 Å².